The van der Waals surface area contributed by atoms with E-state index >= 15 is 0 Å². The van der Waals surface area contributed by atoms with Crippen LogP contribution in [0.5, 0.6) is 0 Å². The highest BCUT2D eigenvalue weighted by Crippen LogP contribution is 2.24. The van der Waals surface area contributed by atoms with Gasteiger partial charge in [0.15, 0.2) is 22.6 Å². The highest BCUT2D eigenvalue weighted by molar-refractivity contribution is 6.31. The first-order valence-corrected chi connectivity index (χ1v) is 4.84. The quantitative estimate of drug-likeness (QED) is 0.841. The molecule has 1 heterocycles. The molecule has 2 rings (SSSR count). The molecule has 3 nitrogen and oxygen atoms in total. The Hall–Kier alpha value is -1.82. The second-order valence-electron chi connectivity index (χ2n) is 3.07. The third-order valence-corrected chi connectivity index (χ3v) is 2.19. The van der Waals surface area contributed by atoms with Crippen molar-refractivity contribution in [2.45, 2.75) is 0 Å². The smallest absolute Gasteiger partial charge is 0.171 e. The van der Waals surface area contributed by atoms with Crippen LogP contribution in [-0.4, -0.2) is 9.97 Å². The van der Waals surface area contributed by atoms with Gasteiger partial charge in [0.1, 0.15) is 5.82 Å². The highest BCUT2D eigenvalue weighted by Gasteiger charge is 2.11. The van der Waals surface area contributed by atoms with Gasteiger partial charge in [0, 0.05) is 24.5 Å². The maximum Gasteiger partial charge on any atom is 0.171 e. The van der Waals surface area contributed by atoms with Crippen molar-refractivity contribution in [3.8, 4) is 0 Å². The van der Waals surface area contributed by atoms with Gasteiger partial charge in [-0.05, 0) is 0 Å². The summed E-state index contributed by atoms with van der Waals surface area (Å²) in [6.07, 6.45) is 2.67. The zero-order valence-electron chi connectivity index (χ0n) is 8.22. The fourth-order valence-corrected chi connectivity index (χ4v) is 1.30. The fraction of sp³-hybridized carbons (Fsp3) is 0. The monoisotopic (exact) mass is 259 g/mol. The lowest BCUT2D eigenvalue weighted by Gasteiger charge is -2.07. The Morgan fingerprint density at radius 3 is 2.29 bits per heavy atom. The lowest BCUT2D eigenvalue weighted by molar-refractivity contribution is 0.496. The number of anilines is 2. The maximum absolute atomic E-state index is 13.3. The average molecular weight is 260 g/mol. The molecule has 1 aromatic heterocycles. The summed E-state index contributed by atoms with van der Waals surface area (Å²) in [4.78, 5) is 7.47. The number of halogens is 4. The van der Waals surface area contributed by atoms with Gasteiger partial charge in [-0.1, -0.05) is 11.6 Å². The summed E-state index contributed by atoms with van der Waals surface area (Å²) in [5, 5.41) is 2.42. The molecular formula is C10H5ClF3N3. The Morgan fingerprint density at radius 1 is 0.941 bits per heavy atom. The summed E-state index contributed by atoms with van der Waals surface area (Å²) in [5.74, 6) is -3.34. The van der Waals surface area contributed by atoms with Crippen molar-refractivity contribution in [3.63, 3.8) is 0 Å². The summed E-state index contributed by atoms with van der Waals surface area (Å²) >= 11 is 5.67. The molecule has 0 saturated carbocycles. The fourth-order valence-electron chi connectivity index (χ4n) is 1.15. The Bertz CT molecular complexity index is 562. The van der Waals surface area contributed by atoms with Gasteiger partial charge in [0.2, 0.25) is 0 Å². The zero-order chi connectivity index (χ0) is 12.4. The third-order valence-electron chi connectivity index (χ3n) is 1.92. The molecule has 0 radical (unpaired) electrons. The van der Waals surface area contributed by atoms with Crippen molar-refractivity contribution in [2.75, 3.05) is 5.32 Å². The van der Waals surface area contributed by atoms with Crippen LogP contribution in [0, 0.1) is 17.5 Å². The van der Waals surface area contributed by atoms with Crippen LogP contribution in [0.4, 0.5) is 24.7 Å². The van der Waals surface area contributed by atoms with Gasteiger partial charge < -0.3 is 5.32 Å². The minimum Gasteiger partial charge on any atom is -0.335 e. The van der Waals surface area contributed by atoms with Crippen LogP contribution in [0.2, 0.25) is 5.15 Å². The molecule has 88 valence electrons. The second kappa shape index (κ2) is 4.58. The zero-order valence-corrected chi connectivity index (χ0v) is 8.97. The number of nitrogens with one attached hydrogen (secondary N) is 1. The van der Waals surface area contributed by atoms with E-state index in [9.17, 15) is 13.2 Å². The molecule has 0 aliphatic heterocycles. The molecule has 2 aromatic rings. The van der Waals surface area contributed by atoms with E-state index in [4.69, 9.17) is 11.6 Å². The van der Waals surface area contributed by atoms with Crippen molar-refractivity contribution >= 4 is 23.1 Å². The van der Waals surface area contributed by atoms with Crippen molar-refractivity contribution in [1.82, 2.24) is 9.97 Å². The van der Waals surface area contributed by atoms with Crippen molar-refractivity contribution in [2.24, 2.45) is 0 Å². The van der Waals surface area contributed by atoms with Crippen LogP contribution >= 0.6 is 11.6 Å². The molecule has 0 saturated heterocycles. The molecule has 0 bridgehead atoms. The standard InChI is InChI=1S/C10H5ClF3N3/c11-9-10(16-2-1-15-9)17-8-4-6(13)5(12)3-7(8)14/h1-4H,(H,16,17). The van der Waals surface area contributed by atoms with E-state index < -0.39 is 17.5 Å². The molecule has 0 atom stereocenters. The topological polar surface area (TPSA) is 37.8 Å². The first-order valence-electron chi connectivity index (χ1n) is 4.46. The van der Waals surface area contributed by atoms with Crippen LogP contribution in [-0.2, 0) is 0 Å². The first kappa shape index (κ1) is 11.7. The van der Waals surface area contributed by atoms with E-state index in [0.717, 1.165) is 0 Å². The second-order valence-corrected chi connectivity index (χ2v) is 3.42. The Balaban J connectivity index is 2.37. The summed E-state index contributed by atoms with van der Waals surface area (Å²) in [6, 6.07) is 1.11. The van der Waals surface area contributed by atoms with Gasteiger partial charge in [-0.15, -0.1) is 0 Å². The van der Waals surface area contributed by atoms with E-state index in [2.05, 4.69) is 15.3 Å². The number of hydrogen-bond donors (Lipinski definition) is 1. The van der Waals surface area contributed by atoms with Crippen LogP contribution in [0.15, 0.2) is 24.5 Å². The summed E-state index contributed by atoms with van der Waals surface area (Å²) in [7, 11) is 0. The minimum absolute atomic E-state index is 0.00312. The number of aromatic nitrogens is 2. The van der Waals surface area contributed by atoms with Crippen molar-refractivity contribution in [3.05, 3.63) is 47.1 Å². The molecule has 0 fully saturated rings. The third kappa shape index (κ3) is 2.47. The maximum atomic E-state index is 13.3. The van der Waals surface area contributed by atoms with E-state index in [-0.39, 0.29) is 16.7 Å². The van der Waals surface area contributed by atoms with Gasteiger partial charge in [-0.2, -0.15) is 0 Å². The summed E-state index contributed by atoms with van der Waals surface area (Å²) in [6.45, 7) is 0. The van der Waals surface area contributed by atoms with E-state index in [1.54, 1.807) is 0 Å². The normalized spacial score (nSPS) is 10.4. The van der Waals surface area contributed by atoms with Gasteiger partial charge in [0.25, 0.3) is 0 Å². The van der Waals surface area contributed by atoms with Crippen LogP contribution in [0.25, 0.3) is 0 Å². The predicted molar refractivity (Wildman–Crippen MR) is 56.6 cm³/mol. The SMILES string of the molecule is Fc1cc(F)c(Nc2nccnc2Cl)cc1F. The van der Waals surface area contributed by atoms with Gasteiger partial charge in [-0.25, -0.2) is 23.1 Å². The molecule has 0 amide bonds. The first-order chi connectivity index (χ1) is 8.08. The van der Waals surface area contributed by atoms with Gasteiger partial charge in [-0.3, -0.25) is 0 Å². The Kier molecular flexibility index (Phi) is 3.14. The molecule has 0 aliphatic carbocycles. The van der Waals surface area contributed by atoms with E-state index in [1.165, 1.54) is 12.4 Å². The molecule has 7 heteroatoms. The average Bonchev–Trinajstić information content (AvgIpc) is 2.29. The predicted octanol–water partition coefficient (Wildman–Crippen LogP) is 3.29. The molecule has 0 unspecified atom stereocenters. The number of nitrogens with zero attached hydrogens (tertiary/aromatic N) is 2. The lowest BCUT2D eigenvalue weighted by atomic mass is 10.3. The Labute approximate surface area is 99.3 Å². The van der Waals surface area contributed by atoms with Crippen LogP contribution in [0.1, 0.15) is 0 Å². The molecule has 17 heavy (non-hydrogen) atoms. The molecule has 0 aliphatic rings. The number of rotatable bonds is 2. The molecular weight excluding hydrogens is 255 g/mol. The largest absolute Gasteiger partial charge is 0.335 e. The van der Waals surface area contributed by atoms with Crippen LogP contribution < -0.4 is 5.32 Å². The van der Waals surface area contributed by atoms with Crippen molar-refractivity contribution < 1.29 is 13.2 Å². The molecule has 0 spiro atoms. The van der Waals surface area contributed by atoms with Crippen molar-refractivity contribution in [1.29, 1.82) is 0 Å². The van der Waals surface area contributed by atoms with Crippen LogP contribution in [0.3, 0.4) is 0 Å². The summed E-state index contributed by atoms with van der Waals surface area (Å²) < 4.78 is 38.9. The number of benzene rings is 1. The summed E-state index contributed by atoms with van der Waals surface area (Å²) in [5.41, 5.74) is -0.272. The van der Waals surface area contributed by atoms with Gasteiger partial charge >= 0.3 is 0 Å². The Morgan fingerprint density at radius 2 is 1.59 bits per heavy atom. The molecule has 1 aromatic carbocycles. The van der Waals surface area contributed by atoms with E-state index in [0.29, 0.717) is 12.1 Å². The lowest BCUT2D eigenvalue weighted by Crippen LogP contribution is -2.00. The minimum atomic E-state index is -1.27. The molecule has 1 N–H and O–H groups in total. The highest BCUT2D eigenvalue weighted by atomic mass is 35.5. The van der Waals surface area contributed by atoms with E-state index in [1.807, 2.05) is 0 Å². The van der Waals surface area contributed by atoms with Gasteiger partial charge in [0.05, 0.1) is 5.69 Å². The number of hydrogen-bond acceptors (Lipinski definition) is 3.